The number of thiophene rings is 1. The maximum absolute atomic E-state index is 5.43. The van der Waals surface area contributed by atoms with E-state index in [4.69, 9.17) is 9.72 Å². The first-order valence-electron chi connectivity index (χ1n) is 7.96. The molecular weight excluding hydrogens is 334 g/mol. The van der Waals surface area contributed by atoms with Crippen molar-refractivity contribution in [2.45, 2.75) is 0 Å². The Morgan fingerprint density at radius 1 is 1.20 bits per heavy atom. The van der Waals surface area contributed by atoms with Crippen molar-refractivity contribution in [3.8, 4) is 28.3 Å². The number of nitrogens with one attached hydrogen (secondary N) is 1. The molecule has 0 saturated carbocycles. The van der Waals surface area contributed by atoms with Crippen LogP contribution in [0.5, 0.6) is 5.88 Å². The first-order chi connectivity index (χ1) is 12.2. The van der Waals surface area contributed by atoms with Gasteiger partial charge in [0.25, 0.3) is 0 Å². The summed E-state index contributed by atoms with van der Waals surface area (Å²) in [7, 11) is 5.69. The van der Waals surface area contributed by atoms with Crippen LogP contribution >= 0.6 is 11.3 Å². The molecule has 0 aliphatic carbocycles. The minimum absolute atomic E-state index is 0.553. The molecule has 0 bridgehead atoms. The molecule has 130 valence electrons. The molecule has 0 atom stereocenters. The fourth-order valence-corrected chi connectivity index (χ4v) is 3.08. The fraction of sp³-hybridized carbons (Fsp3) is 0.278. The number of likely N-dealkylation sites (N-methyl/N-ethyl adjacent to an activating group) is 1. The van der Waals surface area contributed by atoms with Gasteiger partial charge in [-0.3, -0.25) is 0 Å². The molecule has 3 aromatic rings. The summed E-state index contributed by atoms with van der Waals surface area (Å²) in [5.41, 5.74) is 3.71. The normalized spacial score (nSPS) is 10.9. The van der Waals surface area contributed by atoms with Gasteiger partial charge in [-0.05, 0) is 48.6 Å². The van der Waals surface area contributed by atoms with E-state index >= 15 is 0 Å². The van der Waals surface area contributed by atoms with E-state index in [2.05, 4.69) is 31.6 Å². The number of aromatic nitrogens is 3. The van der Waals surface area contributed by atoms with Crippen molar-refractivity contribution < 1.29 is 4.74 Å². The Labute approximate surface area is 151 Å². The molecule has 0 aromatic carbocycles. The predicted molar refractivity (Wildman–Crippen MR) is 102 cm³/mol. The standard InChI is InChI=1S/C18H21N5OS/c1-23(2)9-8-20-18-21-11-15(13-6-10-25-12-13)16(22-18)14-5-4-7-19-17(14)24-3/h4-7,10-12H,8-9H2,1-3H3,(H,20,21,22). The van der Waals surface area contributed by atoms with E-state index in [1.54, 1.807) is 24.6 Å². The molecule has 3 rings (SSSR count). The van der Waals surface area contributed by atoms with Gasteiger partial charge in [0, 0.05) is 31.0 Å². The van der Waals surface area contributed by atoms with Gasteiger partial charge in [-0.2, -0.15) is 11.3 Å². The molecule has 0 radical (unpaired) electrons. The number of methoxy groups -OCH3 is 1. The van der Waals surface area contributed by atoms with Crippen molar-refractivity contribution >= 4 is 17.3 Å². The molecule has 0 aliphatic heterocycles. The largest absolute Gasteiger partial charge is 0.481 e. The van der Waals surface area contributed by atoms with Crippen LogP contribution in [-0.2, 0) is 0 Å². The Hall–Kier alpha value is -2.51. The summed E-state index contributed by atoms with van der Waals surface area (Å²) in [6.07, 6.45) is 3.57. The van der Waals surface area contributed by atoms with Gasteiger partial charge in [-0.15, -0.1) is 0 Å². The van der Waals surface area contributed by atoms with Crippen LogP contribution in [0.3, 0.4) is 0 Å². The van der Waals surface area contributed by atoms with Gasteiger partial charge in [0.2, 0.25) is 11.8 Å². The summed E-state index contributed by atoms with van der Waals surface area (Å²) >= 11 is 1.65. The third-order valence-electron chi connectivity index (χ3n) is 3.68. The second kappa shape index (κ2) is 8.04. The Balaban J connectivity index is 2.02. The Morgan fingerprint density at radius 2 is 2.08 bits per heavy atom. The van der Waals surface area contributed by atoms with E-state index in [1.165, 1.54) is 0 Å². The zero-order valence-corrected chi connectivity index (χ0v) is 15.4. The molecule has 25 heavy (non-hydrogen) atoms. The van der Waals surface area contributed by atoms with E-state index in [0.717, 1.165) is 35.5 Å². The number of nitrogens with zero attached hydrogens (tertiary/aromatic N) is 4. The molecule has 7 heteroatoms. The third kappa shape index (κ3) is 4.12. The Kier molecular flexibility index (Phi) is 5.57. The lowest BCUT2D eigenvalue weighted by Gasteiger charge is -2.14. The number of ether oxygens (including phenoxy) is 1. The molecule has 0 fully saturated rings. The van der Waals surface area contributed by atoms with E-state index < -0.39 is 0 Å². The molecule has 0 saturated heterocycles. The molecular formula is C18H21N5OS. The minimum atomic E-state index is 0.553. The summed E-state index contributed by atoms with van der Waals surface area (Å²) in [5, 5.41) is 7.41. The molecule has 3 aromatic heterocycles. The van der Waals surface area contributed by atoms with Gasteiger partial charge in [-0.25, -0.2) is 15.0 Å². The highest BCUT2D eigenvalue weighted by molar-refractivity contribution is 7.08. The SMILES string of the molecule is COc1ncccc1-c1nc(NCCN(C)C)ncc1-c1ccsc1. The van der Waals surface area contributed by atoms with Crippen LogP contribution in [0.1, 0.15) is 0 Å². The molecule has 0 unspecified atom stereocenters. The predicted octanol–water partition coefficient (Wildman–Crippen LogP) is 3.25. The fourth-order valence-electron chi connectivity index (χ4n) is 2.43. The van der Waals surface area contributed by atoms with Crippen LogP contribution in [0.25, 0.3) is 22.4 Å². The van der Waals surface area contributed by atoms with E-state index in [-0.39, 0.29) is 0 Å². The zero-order valence-electron chi connectivity index (χ0n) is 14.6. The topological polar surface area (TPSA) is 63.2 Å². The lowest BCUT2D eigenvalue weighted by molar-refractivity contribution is 0.399. The highest BCUT2D eigenvalue weighted by Crippen LogP contribution is 2.35. The molecule has 0 amide bonds. The van der Waals surface area contributed by atoms with Gasteiger partial charge in [-0.1, -0.05) is 0 Å². The number of pyridine rings is 1. The maximum Gasteiger partial charge on any atom is 0.223 e. The maximum atomic E-state index is 5.43. The van der Waals surface area contributed by atoms with Gasteiger partial charge < -0.3 is 15.0 Å². The summed E-state index contributed by atoms with van der Waals surface area (Å²) in [4.78, 5) is 15.6. The molecule has 1 N–H and O–H groups in total. The first-order valence-corrected chi connectivity index (χ1v) is 8.91. The van der Waals surface area contributed by atoms with Crippen LogP contribution in [-0.4, -0.2) is 54.1 Å². The van der Waals surface area contributed by atoms with Crippen molar-refractivity contribution in [2.24, 2.45) is 0 Å². The van der Waals surface area contributed by atoms with E-state index in [9.17, 15) is 0 Å². The second-order valence-corrected chi connectivity index (χ2v) is 6.54. The molecule has 0 spiro atoms. The summed E-state index contributed by atoms with van der Waals surface area (Å²) in [5.74, 6) is 1.15. The van der Waals surface area contributed by atoms with Gasteiger partial charge in [0.15, 0.2) is 0 Å². The average molecular weight is 355 g/mol. The number of anilines is 1. The van der Waals surface area contributed by atoms with Gasteiger partial charge in [0.05, 0.1) is 18.4 Å². The lowest BCUT2D eigenvalue weighted by Crippen LogP contribution is -2.21. The smallest absolute Gasteiger partial charge is 0.223 e. The van der Waals surface area contributed by atoms with Crippen molar-refractivity contribution in [1.82, 2.24) is 19.9 Å². The van der Waals surface area contributed by atoms with E-state index in [0.29, 0.717) is 11.8 Å². The molecule has 6 nitrogen and oxygen atoms in total. The van der Waals surface area contributed by atoms with Crippen molar-refractivity contribution in [3.63, 3.8) is 0 Å². The van der Waals surface area contributed by atoms with E-state index in [1.807, 2.05) is 37.8 Å². The quantitative estimate of drug-likeness (QED) is 0.702. The number of hydrogen-bond acceptors (Lipinski definition) is 7. The van der Waals surface area contributed by atoms with Crippen LogP contribution in [0.15, 0.2) is 41.4 Å². The number of hydrogen-bond donors (Lipinski definition) is 1. The zero-order chi connectivity index (χ0) is 17.6. The van der Waals surface area contributed by atoms with Crippen molar-refractivity contribution in [1.29, 1.82) is 0 Å². The Morgan fingerprint density at radius 3 is 2.80 bits per heavy atom. The Bertz CT molecular complexity index is 820. The second-order valence-electron chi connectivity index (χ2n) is 5.76. The van der Waals surface area contributed by atoms with Crippen molar-refractivity contribution in [2.75, 3.05) is 39.6 Å². The van der Waals surface area contributed by atoms with Crippen LogP contribution in [0.2, 0.25) is 0 Å². The van der Waals surface area contributed by atoms with Gasteiger partial charge in [0.1, 0.15) is 0 Å². The van der Waals surface area contributed by atoms with Crippen molar-refractivity contribution in [3.05, 3.63) is 41.4 Å². The van der Waals surface area contributed by atoms with Crippen LogP contribution in [0.4, 0.5) is 5.95 Å². The summed E-state index contributed by atoms with van der Waals surface area (Å²) in [6, 6.07) is 5.92. The molecule has 3 heterocycles. The number of rotatable bonds is 7. The first kappa shape index (κ1) is 17.3. The highest BCUT2D eigenvalue weighted by atomic mass is 32.1. The van der Waals surface area contributed by atoms with Crippen LogP contribution < -0.4 is 10.1 Å². The highest BCUT2D eigenvalue weighted by Gasteiger charge is 2.16. The van der Waals surface area contributed by atoms with Gasteiger partial charge >= 0.3 is 0 Å². The monoisotopic (exact) mass is 355 g/mol. The average Bonchev–Trinajstić information content (AvgIpc) is 3.16. The lowest BCUT2D eigenvalue weighted by atomic mass is 10.0. The molecule has 0 aliphatic rings. The summed E-state index contributed by atoms with van der Waals surface area (Å²) < 4.78 is 5.43. The third-order valence-corrected chi connectivity index (χ3v) is 4.37. The summed E-state index contributed by atoms with van der Waals surface area (Å²) in [6.45, 7) is 1.68. The minimum Gasteiger partial charge on any atom is -0.481 e. The van der Waals surface area contributed by atoms with Crippen LogP contribution in [0, 0.1) is 0 Å².